The van der Waals surface area contributed by atoms with E-state index in [0.717, 1.165) is 25.6 Å². The summed E-state index contributed by atoms with van der Waals surface area (Å²) in [5, 5.41) is 0.629. The van der Waals surface area contributed by atoms with E-state index in [4.69, 9.17) is 10.5 Å². The summed E-state index contributed by atoms with van der Waals surface area (Å²) in [5.41, 5.74) is 6.45. The van der Waals surface area contributed by atoms with Crippen molar-refractivity contribution in [3.8, 4) is 0 Å². The second-order valence-corrected chi connectivity index (χ2v) is 7.64. The van der Waals surface area contributed by atoms with Gasteiger partial charge in [-0.1, -0.05) is 6.92 Å². The van der Waals surface area contributed by atoms with Gasteiger partial charge in [-0.3, -0.25) is 4.90 Å². The van der Waals surface area contributed by atoms with E-state index >= 15 is 0 Å². The number of thioether (sulfide) groups is 1. The highest BCUT2D eigenvalue weighted by Crippen LogP contribution is 2.43. The van der Waals surface area contributed by atoms with Crippen LogP contribution in [0.3, 0.4) is 0 Å². The van der Waals surface area contributed by atoms with Gasteiger partial charge in [0.1, 0.15) is 0 Å². The van der Waals surface area contributed by atoms with E-state index in [-0.39, 0.29) is 5.54 Å². The largest absolute Gasteiger partial charge is 0.383 e. The van der Waals surface area contributed by atoms with Crippen LogP contribution in [0.1, 0.15) is 39.5 Å². The quantitative estimate of drug-likeness (QED) is 0.780. The van der Waals surface area contributed by atoms with E-state index in [0.29, 0.717) is 11.3 Å². The van der Waals surface area contributed by atoms with E-state index < -0.39 is 0 Å². The fourth-order valence-electron chi connectivity index (χ4n) is 3.61. The molecule has 2 N–H and O–H groups in total. The summed E-state index contributed by atoms with van der Waals surface area (Å²) in [6, 6.07) is 0.653. The number of rotatable bonds is 7. The average Bonchev–Trinajstić information content (AvgIpc) is 3.25. The van der Waals surface area contributed by atoms with Crippen LogP contribution in [0.2, 0.25) is 0 Å². The highest BCUT2D eigenvalue weighted by molar-refractivity contribution is 8.00. The standard InChI is InChI=1S/C15H30N2OS/c1-12(14-5-6-14)17(8-9-18-3)15(11-16)7-4-10-19-13(15)2/h12-14H,4-11,16H2,1-3H3. The molecule has 3 unspecified atom stereocenters. The molecule has 0 spiro atoms. The van der Waals surface area contributed by atoms with Gasteiger partial charge >= 0.3 is 0 Å². The van der Waals surface area contributed by atoms with Crippen LogP contribution >= 0.6 is 11.8 Å². The molecule has 2 aliphatic rings. The highest BCUT2D eigenvalue weighted by atomic mass is 32.2. The molecule has 3 nitrogen and oxygen atoms in total. The van der Waals surface area contributed by atoms with E-state index in [1.807, 2.05) is 0 Å². The molecule has 2 rings (SSSR count). The van der Waals surface area contributed by atoms with Crippen LogP contribution in [0, 0.1) is 5.92 Å². The summed E-state index contributed by atoms with van der Waals surface area (Å²) in [7, 11) is 1.80. The minimum atomic E-state index is 0.184. The van der Waals surface area contributed by atoms with Crippen molar-refractivity contribution in [1.29, 1.82) is 0 Å². The summed E-state index contributed by atoms with van der Waals surface area (Å²) in [6.07, 6.45) is 5.34. The lowest BCUT2D eigenvalue weighted by atomic mass is 9.85. The first kappa shape index (κ1) is 15.6. The molecule has 0 amide bonds. The van der Waals surface area contributed by atoms with Crippen molar-refractivity contribution >= 4 is 11.8 Å². The molecule has 4 heteroatoms. The third-order valence-corrected chi connectivity index (χ3v) is 6.60. The topological polar surface area (TPSA) is 38.5 Å². The Morgan fingerprint density at radius 1 is 1.47 bits per heavy atom. The Morgan fingerprint density at radius 2 is 2.21 bits per heavy atom. The van der Waals surface area contributed by atoms with Crippen molar-refractivity contribution in [1.82, 2.24) is 4.90 Å². The van der Waals surface area contributed by atoms with Crippen molar-refractivity contribution in [2.45, 2.75) is 56.4 Å². The fourth-order valence-corrected chi connectivity index (χ4v) is 4.94. The van der Waals surface area contributed by atoms with Gasteiger partial charge in [0.05, 0.1) is 6.61 Å². The number of nitrogens with zero attached hydrogens (tertiary/aromatic N) is 1. The summed E-state index contributed by atoms with van der Waals surface area (Å²) >= 11 is 2.10. The third-order valence-electron chi connectivity index (χ3n) is 5.14. The third kappa shape index (κ3) is 3.29. The molecule has 0 aromatic rings. The molecule has 1 heterocycles. The number of hydrogen-bond acceptors (Lipinski definition) is 4. The second-order valence-electron chi connectivity index (χ2n) is 6.19. The lowest BCUT2D eigenvalue weighted by Gasteiger charge is -2.52. The molecule has 1 saturated carbocycles. The van der Waals surface area contributed by atoms with Gasteiger partial charge in [0, 0.05) is 37.0 Å². The van der Waals surface area contributed by atoms with Crippen molar-refractivity contribution in [3.63, 3.8) is 0 Å². The first-order valence-electron chi connectivity index (χ1n) is 7.73. The molecule has 0 aromatic carbocycles. The molecule has 1 saturated heterocycles. The zero-order valence-corrected chi connectivity index (χ0v) is 13.5. The molecule has 0 radical (unpaired) electrons. The number of methoxy groups -OCH3 is 1. The summed E-state index contributed by atoms with van der Waals surface area (Å²) < 4.78 is 5.35. The second kappa shape index (κ2) is 6.79. The monoisotopic (exact) mass is 286 g/mol. The molecular formula is C15H30N2OS. The normalized spacial score (nSPS) is 33.6. The van der Waals surface area contributed by atoms with E-state index in [1.54, 1.807) is 7.11 Å². The molecular weight excluding hydrogens is 256 g/mol. The molecule has 19 heavy (non-hydrogen) atoms. The molecule has 3 atom stereocenters. The molecule has 0 aromatic heterocycles. The molecule has 1 aliphatic heterocycles. The van der Waals surface area contributed by atoms with E-state index in [1.165, 1.54) is 31.4 Å². The molecule has 112 valence electrons. The van der Waals surface area contributed by atoms with Gasteiger partial charge in [-0.2, -0.15) is 11.8 Å². The van der Waals surface area contributed by atoms with Crippen LogP contribution in [0.4, 0.5) is 0 Å². The van der Waals surface area contributed by atoms with Gasteiger partial charge in [0.2, 0.25) is 0 Å². The Balaban J connectivity index is 2.16. The first-order valence-corrected chi connectivity index (χ1v) is 8.78. The summed E-state index contributed by atoms with van der Waals surface area (Å²) in [5.74, 6) is 2.18. The maximum Gasteiger partial charge on any atom is 0.0590 e. The van der Waals surface area contributed by atoms with Crippen molar-refractivity contribution in [2.75, 3.05) is 32.6 Å². The van der Waals surface area contributed by atoms with Crippen LogP contribution in [0.5, 0.6) is 0 Å². The van der Waals surface area contributed by atoms with Gasteiger partial charge in [-0.05, 0) is 44.3 Å². The molecule has 2 fully saturated rings. The zero-order valence-electron chi connectivity index (χ0n) is 12.7. The Morgan fingerprint density at radius 3 is 2.74 bits per heavy atom. The zero-order chi connectivity index (χ0) is 13.9. The lowest BCUT2D eigenvalue weighted by molar-refractivity contribution is 0.0139. The number of ether oxygens (including phenoxy) is 1. The van der Waals surface area contributed by atoms with Gasteiger partial charge in [-0.25, -0.2) is 0 Å². The number of nitrogens with two attached hydrogens (primary N) is 1. The van der Waals surface area contributed by atoms with Crippen LogP contribution in [0.25, 0.3) is 0 Å². The molecule has 1 aliphatic carbocycles. The van der Waals surface area contributed by atoms with Crippen molar-refractivity contribution < 1.29 is 4.74 Å². The minimum Gasteiger partial charge on any atom is -0.383 e. The van der Waals surface area contributed by atoms with Crippen molar-refractivity contribution in [2.24, 2.45) is 11.7 Å². The Kier molecular flexibility index (Phi) is 5.58. The maximum atomic E-state index is 6.26. The van der Waals surface area contributed by atoms with Gasteiger partial charge in [0.15, 0.2) is 0 Å². The molecule has 0 bridgehead atoms. The predicted octanol–water partition coefficient (Wildman–Crippen LogP) is 2.35. The number of hydrogen-bond donors (Lipinski definition) is 1. The lowest BCUT2D eigenvalue weighted by Crippen LogP contribution is -2.64. The Bertz CT molecular complexity index is 285. The Labute approximate surface area is 122 Å². The van der Waals surface area contributed by atoms with Crippen LogP contribution < -0.4 is 5.73 Å². The first-order chi connectivity index (χ1) is 9.15. The Hall–Kier alpha value is 0.230. The maximum absolute atomic E-state index is 6.26. The highest BCUT2D eigenvalue weighted by Gasteiger charge is 2.47. The van der Waals surface area contributed by atoms with Crippen LogP contribution in [-0.4, -0.2) is 54.3 Å². The van der Waals surface area contributed by atoms with Crippen LogP contribution in [0.15, 0.2) is 0 Å². The van der Waals surface area contributed by atoms with Gasteiger partial charge < -0.3 is 10.5 Å². The predicted molar refractivity (Wildman–Crippen MR) is 83.7 cm³/mol. The van der Waals surface area contributed by atoms with Gasteiger partial charge in [-0.15, -0.1) is 0 Å². The fraction of sp³-hybridized carbons (Fsp3) is 1.00. The van der Waals surface area contributed by atoms with E-state index in [2.05, 4.69) is 30.5 Å². The SMILES string of the molecule is COCCN(C(C)C1CC1)C1(CN)CCCSC1C. The summed E-state index contributed by atoms with van der Waals surface area (Å²) in [6.45, 7) is 7.39. The average molecular weight is 286 g/mol. The van der Waals surface area contributed by atoms with Gasteiger partial charge in [0.25, 0.3) is 0 Å². The van der Waals surface area contributed by atoms with E-state index in [9.17, 15) is 0 Å². The summed E-state index contributed by atoms with van der Waals surface area (Å²) in [4.78, 5) is 2.70. The minimum absolute atomic E-state index is 0.184. The van der Waals surface area contributed by atoms with Crippen LogP contribution in [-0.2, 0) is 4.74 Å². The van der Waals surface area contributed by atoms with Crippen molar-refractivity contribution in [3.05, 3.63) is 0 Å². The smallest absolute Gasteiger partial charge is 0.0590 e.